The Hall–Kier alpha value is -3.59. The Bertz CT molecular complexity index is 1180. The number of anilines is 1. The minimum absolute atomic E-state index is 0.115. The number of halogens is 1. The van der Waals surface area contributed by atoms with Crippen LogP contribution in [-0.4, -0.2) is 44.8 Å². The van der Waals surface area contributed by atoms with Gasteiger partial charge in [-0.2, -0.15) is 0 Å². The van der Waals surface area contributed by atoms with Gasteiger partial charge in [0.25, 0.3) is 5.91 Å². The molecule has 9 heteroatoms. The first-order valence-electron chi connectivity index (χ1n) is 11.4. The lowest BCUT2D eigenvalue weighted by molar-refractivity contribution is -0.121. The molecule has 5 rings (SSSR count). The van der Waals surface area contributed by atoms with E-state index in [4.69, 9.17) is 4.74 Å². The highest BCUT2D eigenvalue weighted by Crippen LogP contribution is 2.28. The first-order valence-corrected chi connectivity index (χ1v) is 11.4. The molecule has 176 valence electrons. The highest BCUT2D eigenvalue weighted by atomic mass is 19.1. The summed E-state index contributed by atoms with van der Waals surface area (Å²) < 4.78 is 20.8. The molecule has 1 fully saturated rings. The van der Waals surface area contributed by atoms with E-state index in [9.17, 15) is 14.0 Å². The summed E-state index contributed by atoms with van der Waals surface area (Å²) in [7, 11) is 0. The van der Waals surface area contributed by atoms with Crippen LogP contribution in [0.4, 0.5) is 10.1 Å². The average molecular weight is 464 g/mol. The zero-order valence-corrected chi connectivity index (χ0v) is 18.9. The van der Waals surface area contributed by atoms with E-state index >= 15 is 0 Å². The van der Waals surface area contributed by atoms with E-state index in [-0.39, 0.29) is 36.3 Å². The monoisotopic (exact) mass is 463 g/mol. The molecule has 34 heavy (non-hydrogen) atoms. The molecule has 3 aromatic rings. The van der Waals surface area contributed by atoms with Gasteiger partial charge in [0.1, 0.15) is 11.9 Å². The number of fused-ring (bicyclic) bond motifs is 1. The number of hydrogen-bond acceptors (Lipinski definition) is 5. The van der Waals surface area contributed by atoms with Crippen molar-refractivity contribution in [3.8, 4) is 0 Å². The predicted octanol–water partition coefficient (Wildman–Crippen LogP) is 3.49. The standard InChI is InChI=1S/C25H26FN5O3/c1-16-2-4-17(5-3-16)22-14-31-21(15-34-22)23(28-29-31)25(33)30-12-10-18(11-13-30)24(32)27-20-8-6-19(26)7-9-20/h2-9,18,22H,10-15H2,1H3,(H,27,32)/t22-/m1/s1. The predicted molar refractivity (Wildman–Crippen MR) is 122 cm³/mol. The van der Waals surface area contributed by atoms with E-state index in [0.717, 1.165) is 5.56 Å². The van der Waals surface area contributed by atoms with Crippen LogP contribution in [0.5, 0.6) is 0 Å². The second kappa shape index (κ2) is 9.34. The first kappa shape index (κ1) is 22.2. The Morgan fingerprint density at radius 2 is 1.76 bits per heavy atom. The van der Waals surface area contributed by atoms with Crippen molar-refractivity contribution < 1.29 is 18.7 Å². The molecule has 0 saturated carbocycles. The topological polar surface area (TPSA) is 89.4 Å². The van der Waals surface area contributed by atoms with Gasteiger partial charge in [0.15, 0.2) is 5.69 Å². The van der Waals surface area contributed by atoms with Crippen LogP contribution in [0.25, 0.3) is 0 Å². The number of nitrogens with one attached hydrogen (secondary N) is 1. The van der Waals surface area contributed by atoms with E-state index in [1.807, 2.05) is 31.2 Å². The molecule has 0 bridgehead atoms. The number of amides is 2. The van der Waals surface area contributed by atoms with Gasteiger partial charge < -0.3 is 15.0 Å². The second-order valence-corrected chi connectivity index (χ2v) is 8.84. The van der Waals surface area contributed by atoms with Crippen LogP contribution in [0.3, 0.4) is 0 Å². The second-order valence-electron chi connectivity index (χ2n) is 8.84. The molecular weight excluding hydrogens is 437 g/mol. The lowest BCUT2D eigenvalue weighted by atomic mass is 9.95. The molecule has 2 aliphatic rings. The molecule has 1 aromatic heterocycles. The van der Waals surface area contributed by atoms with Crippen molar-refractivity contribution in [1.29, 1.82) is 0 Å². The third kappa shape index (κ3) is 4.56. The number of carbonyl (C=O) groups is 2. The van der Waals surface area contributed by atoms with Crippen molar-refractivity contribution >= 4 is 17.5 Å². The van der Waals surface area contributed by atoms with Crippen molar-refractivity contribution in [1.82, 2.24) is 19.9 Å². The van der Waals surface area contributed by atoms with E-state index < -0.39 is 0 Å². The number of likely N-dealkylation sites (tertiary alicyclic amines) is 1. The first-order chi connectivity index (χ1) is 16.5. The Morgan fingerprint density at radius 3 is 2.47 bits per heavy atom. The van der Waals surface area contributed by atoms with Gasteiger partial charge in [0.05, 0.1) is 18.8 Å². The number of aryl methyl sites for hydroxylation is 1. The van der Waals surface area contributed by atoms with Gasteiger partial charge in [-0.3, -0.25) is 9.59 Å². The lowest BCUT2D eigenvalue weighted by Gasteiger charge is -2.31. The average Bonchev–Trinajstić information content (AvgIpc) is 3.29. The van der Waals surface area contributed by atoms with Crippen LogP contribution in [0.1, 0.15) is 46.3 Å². The largest absolute Gasteiger partial charge is 0.365 e. The van der Waals surface area contributed by atoms with Crippen LogP contribution in [0, 0.1) is 18.7 Å². The molecule has 0 aliphatic carbocycles. The van der Waals surface area contributed by atoms with Crippen LogP contribution >= 0.6 is 0 Å². The smallest absolute Gasteiger partial charge is 0.276 e. The maximum Gasteiger partial charge on any atom is 0.276 e. The highest BCUT2D eigenvalue weighted by Gasteiger charge is 2.33. The normalized spacial score (nSPS) is 18.4. The molecule has 1 saturated heterocycles. The SMILES string of the molecule is Cc1ccc([C@H]2Cn3nnc(C(=O)N4CCC(C(=O)Nc5ccc(F)cc5)CC4)c3CO2)cc1. The van der Waals surface area contributed by atoms with Gasteiger partial charge in [0.2, 0.25) is 5.91 Å². The number of benzene rings is 2. The van der Waals surface area contributed by atoms with Crippen molar-refractivity contribution in [3.63, 3.8) is 0 Å². The van der Waals surface area contributed by atoms with Gasteiger partial charge in [-0.25, -0.2) is 9.07 Å². The van der Waals surface area contributed by atoms with Gasteiger partial charge in [-0.05, 0) is 49.6 Å². The fraction of sp³-hybridized carbons (Fsp3) is 0.360. The van der Waals surface area contributed by atoms with Crippen LogP contribution in [-0.2, 0) is 22.7 Å². The van der Waals surface area contributed by atoms with Crippen LogP contribution in [0.15, 0.2) is 48.5 Å². The summed E-state index contributed by atoms with van der Waals surface area (Å²) >= 11 is 0. The molecule has 0 spiro atoms. The molecule has 3 heterocycles. The molecule has 0 radical (unpaired) electrons. The van der Waals surface area contributed by atoms with E-state index in [0.29, 0.717) is 49.6 Å². The number of hydrogen-bond donors (Lipinski definition) is 1. The number of ether oxygens (including phenoxy) is 1. The molecule has 1 N–H and O–H groups in total. The van der Waals surface area contributed by atoms with Crippen molar-refractivity contribution in [2.75, 3.05) is 18.4 Å². The van der Waals surface area contributed by atoms with Crippen molar-refractivity contribution in [3.05, 3.63) is 76.9 Å². The minimum atomic E-state index is -0.350. The third-order valence-corrected chi connectivity index (χ3v) is 6.51. The van der Waals surface area contributed by atoms with Gasteiger partial charge in [0, 0.05) is 24.7 Å². The maximum atomic E-state index is 13.1. The lowest BCUT2D eigenvalue weighted by Crippen LogP contribution is -2.42. The molecule has 0 unspecified atom stereocenters. The summed E-state index contributed by atoms with van der Waals surface area (Å²) in [5, 5.41) is 11.2. The van der Waals surface area contributed by atoms with E-state index in [1.165, 1.54) is 29.8 Å². The van der Waals surface area contributed by atoms with Crippen molar-refractivity contribution in [2.24, 2.45) is 5.92 Å². The van der Waals surface area contributed by atoms with Gasteiger partial charge in [-0.1, -0.05) is 35.0 Å². The Labute approximate surface area is 196 Å². The van der Waals surface area contributed by atoms with Crippen molar-refractivity contribution in [2.45, 2.75) is 39.0 Å². The number of rotatable bonds is 4. The summed E-state index contributed by atoms with van der Waals surface area (Å²) in [6, 6.07) is 13.9. The zero-order valence-electron chi connectivity index (χ0n) is 18.9. The highest BCUT2D eigenvalue weighted by molar-refractivity contribution is 5.94. The number of piperidine rings is 1. The summed E-state index contributed by atoms with van der Waals surface area (Å²) in [5.41, 5.74) is 3.82. The summed E-state index contributed by atoms with van der Waals surface area (Å²) in [6.07, 6.45) is 0.968. The maximum absolute atomic E-state index is 13.1. The van der Waals surface area contributed by atoms with E-state index in [1.54, 1.807) is 9.58 Å². The summed E-state index contributed by atoms with van der Waals surface area (Å²) in [4.78, 5) is 27.4. The van der Waals surface area contributed by atoms with Gasteiger partial charge >= 0.3 is 0 Å². The Kier molecular flexibility index (Phi) is 6.10. The van der Waals surface area contributed by atoms with Crippen LogP contribution in [0.2, 0.25) is 0 Å². The summed E-state index contributed by atoms with van der Waals surface area (Å²) in [6.45, 7) is 3.73. The quantitative estimate of drug-likeness (QED) is 0.640. The van der Waals surface area contributed by atoms with E-state index in [2.05, 4.69) is 15.6 Å². The number of nitrogens with zero attached hydrogens (tertiary/aromatic N) is 4. The molecule has 8 nitrogen and oxygen atoms in total. The third-order valence-electron chi connectivity index (χ3n) is 6.51. The fourth-order valence-electron chi connectivity index (χ4n) is 4.43. The number of carbonyl (C=O) groups excluding carboxylic acids is 2. The molecule has 2 aromatic carbocycles. The molecule has 1 atom stereocenters. The number of aromatic nitrogens is 3. The van der Waals surface area contributed by atoms with Crippen LogP contribution < -0.4 is 5.32 Å². The summed E-state index contributed by atoms with van der Waals surface area (Å²) in [5.74, 6) is -0.857. The Balaban J connectivity index is 1.18. The zero-order chi connectivity index (χ0) is 23.7. The molecule has 2 aliphatic heterocycles. The fourth-order valence-corrected chi connectivity index (χ4v) is 4.43. The molecule has 2 amide bonds. The van der Waals surface area contributed by atoms with Gasteiger partial charge in [-0.15, -0.1) is 5.10 Å². The Morgan fingerprint density at radius 1 is 1.06 bits per heavy atom. The minimum Gasteiger partial charge on any atom is -0.365 e. The molecular formula is C25H26FN5O3.